The van der Waals surface area contributed by atoms with Gasteiger partial charge in [-0.1, -0.05) is 41.9 Å². The van der Waals surface area contributed by atoms with Crippen LogP contribution in [-0.4, -0.2) is 12.5 Å². The number of fused-ring (bicyclic) bond motifs is 1. The Kier molecular flexibility index (Phi) is 6.70. The summed E-state index contributed by atoms with van der Waals surface area (Å²) in [6.07, 6.45) is 3.54. The van der Waals surface area contributed by atoms with Gasteiger partial charge >= 0.3 is 0 Å². The Bertz CT molecular complexity index is 495. The van der Waals surface area contributed by atoms with Crippen LogP contribution in [0.3, 0.4) is 0 Å². The second kappa shape index (κ2) is 7.61. The molecule has 118 valence electrons. The molecule has 1 amide bonds. The molecule has 3 nitrogen and oxygen atoms in total. The van der Waals surface area contributed by atoms with E-state index in [0.717, 1.165) is 30.2 Å². The minimum atomic E-state index is -0.422. The first kappa shape index (κ1) is 18.5. The number of carbonyl (C=O) groups excluding carboxylic acids is 1. The van der Waals surface area contributed by atoms with Crippen LogP contribution >= 0.6 is 28.3 Å². The molecular formula is C16H24BrClN2O. The van der Waals surface area contributed by atoms with Gasteiger partial charge in [-0.05, 0) is 42.9 Å². The molecule has 1 aromatic rings. The molecule has 5 heteroatoms. The van der Waals surface area contributed by atoms with Crippen LogP contribution in [0.1, 0.15) is 50.3 Å². The minimum Gasteiger partial charge on any atom is -0.349 e. The van der Waals surface area contributed by atoms with Crippen molar-refractivity contribution in [1.82, 2.24) is 5.32 Å². The molecule has 1 unspecified atom stereocenters. The lowest BCUT2D eigenvalue weighted by atomic mass is 9.81. The number of nitrogens with one attached hydrogen (secondary N) is 1. The van der Waals surface area contributed by atoms with E-state index in [1.165, 1.54) is 11.1 Å². The molecule has 0 bridgehead atoms. The van der Waals surface area contributed by atoms with Crippen molar-refractivity contribution in [2.24, 2.45) is 11.1 Å². The van der Waals surface area contributed by atoms with E-state index in [9.17, 15) is 4.79 Å². The van der Waals surface area contributed by atoms with Crippen LogP contribution in [0.4, 0.5) is 0 Å². The summed E-state index contributed by atoms with van der Waals surface area (Å²) >= 11 is 3.59. The van der Waals surface area contributed by atoms with E-state index in [-0.39, 0.29) is 24.4 Å². The summed E-state index contributed by atoms with van der Waals surface area (Å²) in [6.45, 7) is 4.48. The van der Waals surface area contributed by atoms with Crippen molar-refractivity contribution in [2.75, 3.05) is 6.54 Å². The number of carbonyl (C=O) groups is 1. The highest BCUT2D eigenvalue weighted by Gasteiger charge is 2.36. The Labute approximate surface area is 141 Å². The molecule has 21 heavy (non-hydrogen) atoms. The number of amides is 1. The molecule has 0 aromatic heterocycles. The van der Waals surface area contributed by atoms with Crippen molar-refractivity contribution in [1.29, 1.82) is 0 Å². The molecule has 0 heterocycles. The minimum absolute atomic E-state index is 0. The lowest BCUT2D eigenvalue weighted by Crippen LogP contribution is -2.46. The number of benzene rings is 1. The molecule has 0 fully saturated rings. The van der Waals surface area contributed by atoms with Gasteiger partial charge < -0.3 is 11.1 Å². The number of halogens is 2. The quantitative estimate of drug-likeness (QED) is 0.823. The number of hydrogen-bond acceptors (Lipinski definition) is 2. The zero-order valence-electron chi connectivity index (χ0n) is 12.6. The van der Waals surface area contributed by atoms with Crippen molar-refractivity contribution in [3.8, 4) is 0 Å². The number of rotatable bonds is 5. The van der Waals surface area contributed by atoms with Gasteiger partial charge in [-0.2, -0.15) is 0 Å². The van der Waals surface area contributed by atoms with E-state index in [0.29, 0.717) is 6.54 Å². The van der Waals surface area contributed by atoms with Crippen LogP contribution in [-0.2, 0) is 11.2 Å². The van der Waals surface area contributed by atoms with Crippen LogP contribution in [0, 0.1) is 5.41 Å². The molecule has 0 aliphatic heterocycles. The lowest BCUT2D eigenvalue weighted by molar-refractivity contribution is -0.131. The molecular weight excluding hydrogens is 352 g/mol. The SMILES string of the molecule is CCC(CC)(CN)C(=O)NC1CCc2c(Br)cccc21.Cl. The standard InChI is InChI=1S/C16H23BrN2O.ClH/c1-3-16(4-2,10-18)15(20)19-14-9-8-11-12(14)6-5-7-13(11)17;/h5-7,14H,3-4,8-10,18H2,1-2H3,(H,19,20);1H. The smallest absolute Gasteiger partial charge is 0.227 e. The molecule has 0 spiro atoms. The summed E-state index contributed by atoms with van der Waals surface area (Å²) in [5.41, 5.74) is 8.00. The zero-order chi connectivity index (χ0) is 14.8. The zero-order valence-corrected chi connectivity index (χ0v) is 15.0. The monoisotopic (exact) mass is 374 g/mol. The Balaban J connectivity index is 0.00000220. The summed E-state index contributed by atoms with van der Waals surface area (Å²) in [4.78, 5) is 12.6. The van der Waals surface area contributed by atoms with E-state index in [4.69, 9.17) is 5.73 Å². The summed E-state index contributed by atoms with van der Waals surface area (Å²) in [5.74, 6) is 0.0998. The second-order valence-electron chi connectivity index (χ2n) is 5.56. The topological polar surface area (TPSA) is 55.1 Å². The fourth-order valence-electron chi connectivity index (χ4n) is 3.02. The average Bonchev–Trinajstić information content (AvgIpc) is 2.86. The largest absolute Gasteiger partial charge is 0.349 e. The third kappa shape index (κ3) is 3.43. The Morgan fingerprint density at radius 3 is 2.67 bits per heavy atom. The molecule has 0 saturated carbocycles. The molecule has 1 atom stereocenters. The summed E-state index contributed by atoms with van der Waals surface area (Å²) < 4.78 is 1.14. The molecule has 0 saturated heterocycles. The van der Waals surface area contributed by atoms with Gasteiger partial charge in [0.15, 0.2) is 0 Å². The Morgan fingerprint density at radius 2 is 2.10 bits per heavy atom. The first-order chi connectivity index (χ1) is 9.57. The van der Waals surface area contributed by atoms with E-state index in [1.807, 2.05) is 19.9 Å². The van der Waals surface area contributed by atoms with E-state index in [1.54, 1.807) is 0 Å². The van der Waals surface area contributed by atoms with Crippen LogP contribution in [0.2, 0.25) is 0 Å². The summed E-state index contributed by atoms with van der Waals surface area (Å²) in [7, 11) is 0. The normalized spacial score (nSPS) is 17.0. The van der Waals surface area contributed by atoms with Crippen molar-refractivity contribution in [2.45, 2.75) is 45.6 Å². The third-order valence-electron chi connectivity index (χ3n) is 4.74. The van der Waals surface area contributed by atoms with Gasteiger partial charge in [-0.15, -0.1) is 12.4 Å². The fourth-order valence-corrected chi connectivity index (χ4v) is 3.60. The van der Waals surface area contributed by atoms with Gasteiger partial charge in [0.25, 0.3) is 0 Å². The van der Waals surface area contributed by atoms with Crippen molar-refractivity contribution in [3.63, 3.8) is 0 Å². The van der Waals surface area contributed by atoms with Crippen LogP contribution in [0.5, 0.6) is 0 Å². The Hall–Kier alpha value is -0.580. The highest BCUT2D eigenvalue weighted by molar-refractivity contribution is 9.10. The van der Waals surface area contributed by atoms with Gasteiger partial charge in [0.05, 0.1) is 11.5 Å². The van der Waals surface area contributed by atoms with Crippen molar-refractivity contribution >= 4 is 34.2 Å². The molecule has 3 N–H and O–H groups in total. The van der Waals surface area contributed by atoms with Crippen LogP contribution < -0.4 is 11.1 Å². The summed E-state index contributed by atoms with van der Waals surface area (Å²) in [6, 6.07) is 6.33. The highest BCUT2D eigenvalue weighted by Crippen LogP contribution is 2.36. The summed E-state index contributed by atoms with van der Waals surface area (Å²) in [5, 5.41) is 3.22. The molecule has 2 rings (SSSR count). The lowest BCUT2D eigenvalue weighted by Gasteiger charge is -2.30. The number of hydrogen-bond donors (Lipinski definition) is 2. The third-order valence-corrected chi connectivity index (χ3v) is 5.49. The van der Waals surface area contributed by atoms with E-state index in [2.05, 4.69) is 33.4 Å². The van der Waals surface area contributed by atoms with Gasteiger partial charge in [0.1, 0.15) is 0 Å². The van der Waals surface area contributed by atoms with Crippen LogP contribution in [0.15, 0.2) is 22.7 Å². The van der Waals surface area contributed by atoms with E-state index >= 15 is 0 Å². The molecule has 1 aliphatic rings. The first-order valence-electron chi connectivity index (χ1n) is 7.36. The van der Waals surface area contributed by atoms with Crippen molar-refractivity contribution in [3.05, 3.63) is 33.8 Å². The first-order valence-corrected chi connectivity index (χ1v) is 8.15. The second-order valence-corrected chi connectivity index (χ2v) is 6.42. The van der Waals surface area contributed by atoms with Gasteiger partial charge in [0, 0.05) is 11.0 Å². The molecule has 1 aliphatic carbocycles. The Morgan fingerprint density at radius 1 is 1.43 bits per heavy atom. The molecule has 1 aromatic carbocycles. The average molecular weight is 376 g/mol. The number of nitrogens with two attached hydrogens (primary N) is 1. The van der Waals surface area contributed by atoms with E-state index < -0.39 is 5.41 Å². The van der Waals surface area contributed by atoms with Gasteiger partial charge in [-0.25, -0.2) is 0 Å². The van der Waals surface area contributed by atoms with Gasteiger partial charge in [0.2, 0.25) is 5.91 Å². The van der Waals surface area contributed by atoms with Crippen molar-refractivity contribution < 1.29 is 4.79 Å². The predicted molar refractivity (Wildman–Crippen MR) is 92.7 cm³/mol. The maximum atomic E-state index is 12.6. The van der Waals surface area contributed by atoms with Crippen LogP contribution in [0.25, 0.3) is 0 Å². The maximum Gasteiger partial charge on any atom is 0.227 e. The molecule has 0 radical (unpaired) electrons. The predicted octanol–water partition coefficient (Wildman–Crippen LogP) is 3.74. The highest BCUT2D eigenvalue weighted by atomic mass is 79.9. The van der Waals surface area contributed by atoms with Gasteiger partial charge in [-0.3, -0.25) is 4.79 Å². The fraction of sp³-hybridized carbons (Fsp3) is 0.562. The maximum absolute atomic E-state index is 12.6.